The standard InChI is InChI=1S/C36H34ClN3O5S/c1-24-18-30-33(44-21-29-13-10-27(19-38-29)26-6-3-2-4-7-26)15-14-31-35(30)36(46-24)32(22-43-17-5-16-39-45-23-34(41)42)40(31)20-25-8-11-28(37)12-9-25/h2-4,6-16,19,24H,5,17-18,20-23H2,1H3,(H,41,42). The van der Waals surface area contributed by atoms with Gasteiger partial charge in [-0.1, -0.05) is 72.2 Å². The summed E-state index contributed by atoms with van der Waals surface area (Å²) < 4.78 is 14.9. The molecule has 3 aromatic carbocycles. The van der Waals surface area contributed by atoms with Crippen molar-refractivity contribution in [3.8, 4) is 16.9 Å². The first-order valence-electron chi connectivity index (χ1n) is 15.1. The Balaban J connectivity index is 1.25. The first-order valence-corrected chi connectivity index (χ1v) is 16.4. The molecule has 5 aromatic rings. The van der Waals surface area contributed by atoms with Crippen molar-refractivity contribution in [3.05, 3.63) is 113 Å². The van der Waals surface area contributed by atoms with Gasteiger partial charge in [-0.15, -0.1) is 11.8 Å². The zero-order valence-corrected chi connectivity index (χ0v) is 27.0. The van der Waals surface area contributed by atoms with E-state index in [1.807, 2.05) is 54.4 Å². The van der Waals surface area contributed by atoms with Crippen molar-refractivity contribution in [2.45, 2.75) is 49.7 Å². The van der Waals surface area contributed by atoms with E-state index < -0.39 is 12.6 Å². The van der Waals surface area contributed by atoms with Gasteiger partial charge < -0.3 is 24.0 Å². The van der Waals surface area contributed by atoms with E-state index in [-0.39, 0.29) is 0 Å². The van der Waals surface area contributed by atoms with Gasteiger partial charge in [-0.25, -0.2) is 4.79 Å². The fourth-order valence-corrected chi connectivity index (χ4v) is 6.99. The molecule has 0 fully saturated rings. The fourth-order valence-electron chi connectivity index (χ4n) is 5.56. The van der Waals surface area contributed by atoms with E-state index in [9.17, 15) is 4.79 Å². The zero-order valence-electron chi connectivity index (χ0n) is 25.4. The molecule has 236 valence electrons. The Bertz CT molecular complexity index is 1830. The lowest BCUT2D eigenvalue weighted by molar-refractivity contribution is -0.142. The number of hydrogen-bond acceptors (Lipinski definition) is 7. The van der Waals surface area contributed by atoms with Crippen LogP contribution in [-0.2, 0) is 40.5 Å². The van der Waals surface area contributed by atoms with E-state index in [0.29, 0.717) is 43.1 Å². The van der Waals surface area contributed by atoms with E-state index in [0.717, 1.165) is 45.8 Å². The normalized spacial score (nSPS) is 14.2. The van der Waals surface area contributed by atoms with E-state index in [4.69, 9.17) is 31.0 Å². The largest absolute Gasteiger partial charge is 0.487 e. The van der Waals surface area contributed by atoms with Crippen LogP contribution < -0.4 is 4.74 Å². The third-order valence-corrected chi connectivity index (χ3v) is 9.19. The van der Waals surface area contributed by atoms with Gasteiger partial charge in [0, 0.05) is 57.1 Å². The number of halogens is 1. The summed E-state index contributed by atoms with van der Waals surface area (Å²) in [5.74, 6) is -0.187. The summed E-state index contributed by atoms with van der Waals surface area (Å²) >= 11 is 8.06. The Labute approximate surface area is 277 Å². The van der Waals surface area contributed by atoms with Crippen molar-refractivity contribution in [2.24, 2.45) is 5.16 Å². The van der Waals surface area contributed by atoms with Gasteiger partial charge >= 0.3 is 5.97 Å². The van der Waals surface area contributed by atoms with Crippen molar-refractivity contribution in [2.75, 3.05) is 13.2 Å². The Morgan fingerprint density at radius 1 is 1.07 bits per heavy atom. The van der Waals surface area contributed by atoms with Crippen LogP contribution in [0.25, 0.3) is 22.0 Å². The topological polar surface area (TPSA) is 95.2 Å². The number of benzene rings is 3. The molecule has 1 aliphatic heterocycles. The Hall–Kier alpha value is -4.31. The Morgan fingerprint density at radius 3 is 2.65 bits per heavy atom. The van der Waals surface area contributed by atoms with Gasteiger partial charge in [-0.3, -0.25) is 4.98 Å². The van der Waals surface area contributed by atoms with Gasteiger partial charge in [0.05, 0.1) is 30.1 Å². The predicted molar refractivity (Wildman–Crippen MR) is 182 cm³/mol. The summed E-state index contributed by atoms with van der Waals surface area (Å²) in [6.45, 7) is 3.65. The average Bonchev–Trinajstić information content (AvgIpc) is 3.35. The molecule has 0 saturated carbocycles. The summed E-state index contributed by atoms with van der Waals surface area (Å²) in [7, 11) is 0. The minimum absolute atomic E-state index is 0.354. The molecule has 1 unspecified atom stereocenters. The molecule has 2 aromatic heterocycles. The molecule has 0 saturated heterocycles. The minimum Gasteiger partial charge on any atom is -0.487 e. The van der Waals surface area contributed by atoms with Crippen LogP contribution in [-0.4, -0.2) is 45.3 Å². The van der Waals surface area contributed by atoms with Gasteiger partial charge in [0.15, 0.2) is 0 Å². The van der Waals surface area contributed by atoms with Gasteiger partial charge in [-0.05, 0) is 47.9 Å². The molecule has 0 amide bonds. The van der Waals surface area contributed by atoms with Gasteiger partial charge in [0.1, 0.15) is 12.4 Å². The second kappa shape index (κ2) is 14.9. The first kappa shape index (κ1) is 31.7. The molecule has 8 nitrogen and oxygen atoms in total. The van der Waals surface area contributed by atoms with Gasteiger partial charge in [0.25, 0.3) is 0 Å². The molecule has 0 bridgehead atoms. The van der Waals surface area contributed by atoms with Crippen molar-refractivity contribution in [1.29, 1.82) is 0 Å². The number of aliphatic carboxylic acids is 1. The quantitative estimate of drug-likeness (QED) is 0.0735. The second-order valence-electron chi connectivity index (χ2n) is 11.0. The maximum absolute atomic E-state index is 10.6. The number of carboxylic acid groups (broad SMARTS) is 1. The molecule has 6 rings (SSSR count). The van der Waals surface area contributed by atoms with Gasteiger partial charge in [-0.2, -0.15) is 0 Å². The third-order valence-electron chi connectivity index (χ3n) is 7.69. The Kier molecular flexibility index (Phi) is 10.2. The van der Waals surface area contributed by atoms with Crippen molar-refractivity contribution >= 4 is 46.4 Å². The van der Waals surface area contributed by atoms with Crippen LogP contribution in [0.3, 0.4) is 0 Å². The number of aromatic nitrogens is 2. The summed E-state index contributed by atoms with van der Waals surface area (Å²) in [5, 5.41) is 14.6. The number of hydrogen-bond donors (Lipinski definition) is 1. The lowest BCUT2D eigenvalue weighted by Gasteiger charge is -2.22. The number of carboxylic acids is 1. The number of carbonyl (C=O) groups is 1. The van der Waals surface area contributed by atoms with Gasteiger partial charge in [0.2, 0.25) is 6.61 Å². The summed E-state index contributed by atoms with van der Waals surface area (Å²) in [5.41, 5.74) is 7.68. The lowest BCUT2D eigenvalue weighted by Crippen LogP contribution is -2.10. The third kappa shape index (κ3) is 7.55. The van der Waals surface area contributed by atoms with E-state index in [2.05, 4.69) is 64.1 Å². The lowest BCUT2D eigenvalue weighted by atomic mass is 10.0. The molecule has 1 aliphatic rings. The maximum Gasteiger partial charge on any atom is 0.344 e. The highest BCUT2D eigenvalue weighted by molar-refractivity contribution is 8.00. The van der Waals surface area contributed by atoms with Crippen LogP contribution in [0.5, 0.6) is 5.75 Å². The minimum atomic E-state index is -1.07. The van der Waals surface area contributed by atoms with E-state index in [1.165, 1.54) is 22.1 Å². The smallest absolute Gasteiger partial charge is 0.344 e. The maximum atomic E-state index is 10.6. The van der Waals surface area contributed by atoms with E-state index in [1.54, 1.807) is 0 Å². The second-order valence-corrected chi connectivity index (χ2v) is 12.9. The molecule has 0 spiro atoms. The number of nitrogens with zero attached hydrogens (tertiary/aromatic N) is 3. The molecule has 10 heteroatoms. The van der Waals surface area contributed by atoms with Crippen LogP contribution in [0.15, 0.2) is 95.1 Å². The van der Waals surface area contributed by atoms with Crippen LogP contribution in [0, 0.1) is 0 Å². The number of rotatable bonds is 14. The van der Waals surface area contributed by atoms with Crippen molar-refractivity contribution < 1.29 is 24.2 Å². The molecule has 0 aliphatic carbocycles. The highest BCUT2D eigenvalue weighted by Crippen LogP contribution is 2.47. The van der Waals surface area contributed by atoms with Crippen LogP contribution in [0.2, 0.25) is 5.02 Å². The summed E-state index contributed by atoms with van der Waals surface area (Å²) in [4.78, 5) is 21.2. The summed E-state index contributed by atoms with van der Waals surface area (Å²) in [6, 6.07) is 26.5. The van der Waals surface area contributed by atoms with Crippen LogP contribution in [0.4, 0.5) is 0 Å². The number of oxime groups is 1. The first-order chi connectivity index (χ1) is 22.5. The SMILES string of the molecule is CC1Cc2c(OCc3ccc(-c4ccccc4)cn3)ccc3c2c(c(COCCC=NOCC(=O)O)n3Cc2ccc(Cl)cc2)S1. The predicted octanol–water partition coefficient (Wildman–Crippen LogP) is 8.01. The number of thioether (sulfide) groups is 1. The summed E-state index contributed by atoms with van der Waals surface area (Å²) in [6.07, 6.45) is 4.82. The molecule has 1 atom stereocenters. The highest BCUT2D eigenvalue weighted by Gasteiger charge is 2.29. The average molecular weight is 656 g/mol. The molecule has 1 N–H and O–H groups in total. The monoisotopic (exact) mass is 655 g/mol. The molecule has 3 heterocycles. The number of pyridine rings is 1. The highest BCUT2D eigenvalue weighted by atomic mass is 35.5. The Morgan fingerprint density at radius 2 is 1.89 bits per heavy atom. The van der Waals surface area contributed by atoms with E-state index >= 15 is 0 Å². The van der Waals surface area contributed by atoms with Crippen molar-refractivity contribution in [3.63, 3.8) is 0 Å². The zero-order chi connectivity index (χ0) is 31.9. The molecule has 0 radical (unpaired) electrons. The van der Waals surface area contributed by atoms with Crippen LogP contribution in [0.1, 0.15) is 35.9 Å². The number of ether oxygens (including phenoxy) is 2. The van der Waals surface area contributed by atoms with Crippen LogP contribution >= 0.6 is 23.4 Å². The molecular formula is C36H34ClN3O5S. The molecule has 46 heavy (non-hydrogen) atoms. The van der Waals surface area contributed by atoms with Crippen molar-refractivity contribution in [1.82, 2.24) is 9.55 Å². The molecular weight excluding hydrogens is 622 g/mol. The fraction of sp³-hybridized carbons (Fsp3) is 0.250.